The van der Waals surface area contributed by atoms with Crippen LogP contribution < -0.4 is 0 Å². The van der Waals surface area contributed by atoms with Gasteiger partial charge in [0.15, 0.2) is 0 Å². The largest absolute Gasteiger partial charge is 0.384 e. The zero-order valence-corrected chi connectivity index (χ0v) is 16.7. The van der Waals surface area contributed by atoms with Gasteiger partial charge in [-0.15, -0.1) is 0 Å². The van der Waals surface area contributed by atoms with Gasteiger partial charge in [-0.05, 0) is 47.5 Å². The summed E-state index contributed by atoms with van der Waals surface area (Å²) in [6, 6.07) is 0.0283. The normalized spacial score (nSPS) is 16.1. The van der Waals surface area contributed by atoms with Crippen molar-refractivity contribution < 1.29 is 49.7 Å². The lowest BCUT2D eigenvalue weighted by atomic mass is 10.0. The first-order valence-electron chi connectivity index (χ1n) is 7.95. The molecule has 0 bridgehead atoms. The Balaban J connectivity index is 2.94. The Morgan fingerprint density at radius 1 is 0.697 bits per heavy atom. The molecular formula is C16H6Cl2F8N2O5. The third kappa shape index (κ3) is 4.79. The molecule has 2 atom stereocenters. The van der Waals surface area contributed by atoms with Gasteiger partial charge in [0.2, 0.25) is 0 Å². The van der Waals surface area contributed by atoms with E-state index in [1.807, 2.05) is 0 Å². The molecule has 2 aromatic carbocycles. The standard InChI is InChI=1S/C16H6Cl2F8N2O5/c17-15(23,24)13(21,9-5-7(19)1-3-11(9)27(29)30)33-14(22,16(18,25)26)10-6-8(20)2-4-12(10)28(31)32/h1-6H. The Kier molecular flexibility index (Phi) is 6.85. The smallest absolute Gasteiger partial charge is 0.288 e. The maximum absolute atomic E-state index is 15.5. The summed E-state index contributed by atoms with van der Waals surface area (Å²) in [4.78, 5) is 19.0. The monoisotopic (exact) mass is 528 g/mol. The zero-order valence-electron chi connectivity index (χ0n) is 15.2. The Morgan fingerprint density at radius 3 is 1.24 bits per heavy atom. The Bertz CT molecular complexity index is 1030. The number of rotatable bonds is 8. The highest BCUT2D eigenvalue weighted by molar-refractivity contribution is 6.23. The van der Waals surface area contributed by atoms with Crippen LogP contribution in [0.2, 0.25) is 0 Å². The summed E-state index contributed by atoms with van der Waals surface area (Å²) in [5.74, 6) is -14.4. The van der Waals surface area contributed by atoms with E-state index < -0.39 is 66.5 Å². The molecule has 2 unspecified atom stereocenters. The molecule has 17 heteroatoms. The average molecular weight is 529 g/mol. The molecule has 0 amide bonds. The molecule has 2 aromatic rings. The van der Waals surface area contributed by atoms with Gasteiger partial charge < -0.3 is 0 Å². The number of alkyl halides is 8. The molecule has 7 nitrogen and oxygen atoms in total. The minimum Gasteiger partial charge on any atom is -0.288 e. The number of nitro groups is 2. The topological polar surface area (TPSA) is 95.5 Å². The summed E-state index contributed by atoms with van der Waals surface area (Å²) >= 11 is 9.08. The summed E-state index contributed by atoms with van der Waals surface area (Å²) in [7, 11) is 0. The highest BCUT2D eigenvalue weighted by Crippen LogP contribution is 2.57. The van der Waals surface area contributed by atoms with Crippen molar-refractivity contribution in [2.24, 2.45) is 0 Å². The van der Waals surface area contributed by atoms with E-state index in [0.717, 1.165) is 0 Å². The maximum atomic E-state index is 15.5. The molecule has 0 heterocycles. The Labute approximate surface area is 186 Å². The van der Waals surface area contributed by atoms with E-state index in [4.69, 9.17) is 0 Å². The lowest BCUT2D eigenvalue weighted by Crippen LogP contribution is -2.51. The van der Waals surface area contributed by atoms with E-state index in [0.29, 0.717) is 0 Å². The van der Waals surface area contributed by atoms with Crippen LogP contribution in [0.5, 0.6) is 0 Å². The van der Waals surface area contributed by atoms with E-state index in [1.165, 1.54) is 0 Å². The molecule has 2 rings (SSSR count). The molecular weight excluding hydrogens is 523 g/mol. The van der Waals surface area contributed by atoms with Crippen molar-refractivity contribution in [3.63, 3.8) is 0 Å². The van der Waals surface area contributed by atoms with Crippen molar-refractivity contribution in [2.45, 2.75) is 22.5 Å². The van der Waals surface area contributed by atoms with E-state index in [-0.39, 0.29) is 36.4 Å². The summed E-state index contributed by atoms with van der Waals surface area (Å²) in [5.41, 5.74) is -7.88. The third-order valence-electron chi connectivity index (χ3n) is 4.01. The van der Waals surface area contributed by atoms with Gasteiger partial charge in [0.1, 0.15) is 22.8 Å². The Morgan fingerprint density at radius 2 is 1.00 bits per heavy atom. The maximum Gasteiger partial charge on any atom is 0.384 e. The van der Waals surface area contributed by atoms with E-state index in [9.17, 15) is 46.6 Å². The minimum atomic E-state index is -5.67. The van der Waals surface area contributed by atoms with Crippen molar-refractivity contribution in [3.8, 4) is 0 Å². The molecule has 180 valence electrons. The number of hydrogen-bond donors (Lipinski definition) is 0. The van der Waals surface area contributed by atoms with Gasteiger partial charge in [-0.2, -0.15) is 26.3 Å². The highest BCUT2D eigenvalue weighted by Gasteiger charge is 2.70. The van der Waals surface area contributed by atoms with Crippen LogP contribution in [0.25, 0.3) is 0 Å². The van der Waals surface area contributed by atoms with E-state index >= 15 is 8.78 Å². The number of benzene rings is 2. The summed E-state index contributed by atoms with van der Waals surface area (Å²) < 4.78 is 118. The molecule has 0 N–H and O–H groups in total. The molecule has 0 radical (unpaired) electrons. The third-order valence-corrected chi connectivity index (χ3v) is 4.50. The number of ether oxygens (including phenoxy) is 1. The van der Waals surface area contributed by atoms with Crippen molar-refractivity contribution in [1.82, 2.24) is 0 Å². The van der Waals surface area contributed by atoms with Crippen LogP contribution >= 0.6 is 23.2 Å². The van der Waals surface area contributed by atoms with Crippen molar-refractivity contribution >= 4 is 34.6 Å². The number of nitro benzene ring substituents is 2. The van der Waals surface area contributed by atoms with Crippen LogP contribution in [0.3, 0.4) is 0 Å². The predicted octanol–water partition coefficient (Wildman–Crippen LogP) is 6.41. The zero-order chi connectivity index (χ0) is 25.6. The van der Waals surface area contributed by atoms with Crippen molar-refractivity contribution in [2.75, 3.05) is 0 Å². The minimum absolute atomic E-state index is 0.0916. The van der Waals surface area contributed by atoms with Crippen LogP contribution in [-0.4, -0.2) is 20.6 Å². The van der Waals surface area contributed by atoms with Gasteiger partial charge in [0, 0.05) is 12.1 Å². The second kappa shape index (κ2) is 8.53. The molecule has 0 spiro atoms. The average Bonchev–Trinajstić information content (AvgIpc) is 2.65. The van der Waals surface area contributed by atoms with Crippen LogP contribution in [0.15, 0.2) is 36.4 Å². The summed E-state index contributed by atoms with van der Waals surface area (Å²) in [5, 5.41) is 10.8. The van der Waals surface area contributed by atoms with Gasteiger partial charge in [-0.3, -0.25) is 25.0 Å². The SMILES string of the molecule is O=[N+]([O-])c1ccc(F)cc1C(F)(OC(F)(c1cc(F)ccc1[N+](=O)[O-])C(F)(F)Cl)C(F)(F)Cl. The molecule has 0 aromatic heterocycles. The Hall–Kier alpha value is -2.78. The fourth-order valence-electron chi connectivity index (χ4n) is 2.57. The number of halogens is 10. The lowest BCUT2D eigenvalue weighted by Gasteiger charge is -2.37. The first-order valence-corrected chi connectivity index (χ1v) is 8.71. The first-order chi connectivity index (χ1) is 14.8. The predicted molar refractivity (Wildman–Crippen MR) is 94.4 cm³/mol. The van der Waals surface area contributed by atoms with E-state index in [1.54, 1.807) is 0 Å². The molecule has 0 saturated carbocycles. The fraction of sp³-hybridized carbons (Fsp3) is 0.250. The van der Waals surface area contributed by atoms with Crippen molar-refractivity contribution in [3.05, 3.63) is 79.4 Å². The highest BCUT2D eigenvalue weighted by atomic mass is 35.5. The van der Waals surface area contributed by atoms with Gasteiger partial charge in [-0.1, -0.05) is 0 Å². The van der Waals surface area contributed by atoms with Crippen molar-refractivity contribution in [1.29, 1.82) is 0 Å². The first kappa shape index (κ1) is 26.5. The quantitative estimate of drug-likeness (QED) is 0.171. The summed E-state index contributed by atoms with van der Waals surface area (Å²) in [6.45, 7) is 0. The van der Waals surface area contributed by atoms with Gasteiger partial charge >= 0.3 is 22.5 Å². The fourth-order valence-corrected chi connectivity index (χ4v) is 2.86. The van der Waals surface area contributed by atoms with Crippen LogP contribution in [0.1, 0.15) is 11.1 Å². The van der Waals surface area contributed by atoms with Crippen LogP contribution in [0.4, 0.5) is 46.5 Å². The van der Waals surface area contributed by atoms with Gasteiger partial charge in [-0.25, -0.2) is 8.78 Å². The molecule has 0 aliphatic carbocycles. The number of hydrogen-bond acceptors (Lipinski definition) is 5. The molecule has 0 aliphatic rings. The van der Waals surface area contributed by atoms with Crippen LogP contribution in [0, 0.1) is 31.9 Å². The molecule has 0 saturated heterocycles. The molecule has 33 heavy (non-hydrogen) atoms. The summed E-state index contributed by atoms with van der Waals surface area (Å²) in [6.07, 6.45) is 0. The van der Waals surface area contributed by atoms with E-state index in [2.05, 4.69) is 27.9 Å². The van der Waals surface area contributed by atoms with Gasteiger partial charge in [0.05, 0.1) is 9.85 Å². The lowest BCUT2D eigenvalue weighted by molar-refractivity contribution is -0.407. The second-order valence-corrected chi connectivity index (χ2v) is 7.07. The molecule has 0 aliphatic heterocycles. The van der Waals surface area contributed by atoms with Crippen LogP contribution in [-0.2, 0) is 16.4 Å². The molecule has 0 fully saturated rings. The number of nitrogens with zero attached hydrogens (tertiary/aromatic N) is 2. The van der Waals surface area contributed by atoms with Gasteiger partial charge in [0.25, 0.3) is 11.4 Å². The second-order valence-electron chi connectivity index (χ2n) is 6.13.